The van der Waals surface area contributed by atoms with E-state index in [0.717, 1.165) is 24.0 Å². The van der Waals surface area contributed by atoms with Gasteiger partial charge in [-0.1, -0.05) is 30.3 Å². The average molecular weight is 490 g/mol. The number of hydrogen-bond donors (Lipinski definition) is 1. The van der Waals surface area contributed by atoms with E-state index < -0.39 is 0 Å². The fourth-order valence-electron chi connectivity index (χ4n) is 5.62. The van der Waals surface area contributed by atoms with Crippen molar-refractivity contribution < 1.29 is 9.53 Å². The number of morpholine rings is 1. The van der Waals surface area contributed by atoms with Gasteiger partial charge in [0.05, 0.1) is 37.2 Å². The molecule has 176 valence electrons. The number of benzene rings is 1. The van der Waals surface area contributed by atoms with E-state index in [4.69, 9.17) is 4.74 Å². The van der Waals surface area contributed by atoms with Crippen LogP contribution in [0.25, 0.3) is 11.2 Å². The topological polar surface area (TPSA) is 72.3 Å². The summed E-state index contributed by atoms with van der Waals surface area (Å²) in [6.07, 6.45) is 7.92. The molecule has 1 spiro atoms. The number of fused-ring (bicyclic) bond motifs is 3. The average Bonchev–Trinajstić information content (AvgIpc) is 3.36. The molecular formula is C24H29Cl2N5O2. The van der Waals surface area contributed by atoms with Crippen LogP contribution in [0.1, 0.15) is 41.6 Å². The highest BCUT2D eigenvalue weighted by Crippen LogP contribution is 2.38. The lowest BCUT2D eigenvalue weighted by molar-refractivity contribution is -0.122. The van der Waals surface area contributed by atoms with E-state index in [-0.39, 0.29) is 36.3 Å². The maximum atomic E-state index is 13.3. The number of piperidine rings is 1. The molecule has 6 rings (SSSR count). The lowest BCUT2D eigenvalue weighted by Gasteiger charge is -2.47. The van der Waals surface area contributed by atoms with E-state index in [1.54, 1.807) is 12.5 Å². The second-order valence-electron chi connectivity index (χ2n) is 9.23. The number of pyridine rings is 1. The molecule has 0 aliphatic carbocycles. The van der Waals surface area contributed by atoms with Gasteiger partial charge in [0, 0.05) is 24.8 Å². The molecule has 7 nitrogen and oxygen atoms in total. The zero-order valence-electron chi connectivity index (χ0n) is 18.4. The van der Waals surface area contributed by atoms with Crippen LogP contribution in [-0.2, 0) is 11.3 Å². The first-order chi connectivity index (χ1) is 15.2. The van der Waals surface area contributed by atoms with Crippen LogP contribution in [0.3, 0.4) is 0 Å². The molecule has 2 aromatic heterocycles. The highest BCUT2D eigenvalue weighted by Gasteiger charge is 2.47. The van der Waals surface area contributed by atoms with Gasteiger partial charge < -0.3 is 19.5 Å². The summed E-state index contributed by atoms with van der Waals surface area (Å²) in [6, 6.07) is 13.2. The van der Waals surface area contributed by atoms with Crippen LogP contribution >= 0.6 is 24.8 Å². The van der Waals surface area contributed by atoms with Crippen LogP contribution in [0.2, 0.25) is 0 Å². The molecular weight excluding hydrogens is 461 g/mol. The van der Waals surface area contributed by atoms with E-state index in [2.05, 4.69) is 27.4 Å². The van der Waals surface area contributed by atoms with Gasteiger partial charge in [-0.25, -0.2) is 9.97 Å². The van der Waals surface area contributed by atoms with Crippen LogP contribution in [-0.4, -0.2) is 62.7 Å². The number of halogens is 2. The van der Waals surface area contributed by atoms with E-state index in [1.165, 1.54) is 18.4 Å². The van der Waals surface area contributed by atoms with E-state index in [0.29, 0.717) is 43.9 Å². The second-order valence-corrected chi connectivity index (χ2v) is 9.23. The molecule has 2 bridgehead atoms. The molecule has 3 aliphatic rings. The van der Waals surface area contributed by atoms with Crippen LogP contribution in [0.15, 0.2) is 48.9 Å². The zero-order chi connectivity index (χ0) is 20.8. The Kier molecular flexibility index (Phi) is 6.96. The van der Waals surface area contributed by atoms with E-state index >= 15 is 0 Å². The smallest absolute Gasteiger partial charge is 0.255 e. The van der Waals surface area contributed by atoms with E-state index in [1.807, 2.05) is 33.7 Å². The zero-order valence-corrected chi connectivity index (χ0v) is 20.0. The third-order valence-corrected chi connectivity index (χ3v) is 7.01. The van der Waals surface area contributed by atoms with Crippen LogP contribution in [0, 0.1) is 0 Å². The summed E-state index contributed by atoms with van der Waals surface area (Å²) in [6.45, 7) is 2.61. The Morgan fingerprint density at radius 2 is 1.88 bits per heavy atom. The van der Waals surface area contributed by atoms with Crippen LogP contribution in [0.5, 0.6) is 0 Å². The van der Waals surface area contributed by atoms with Gasteiger partial charge in [0.1, 0.15) is 5.52 Å². The van der Waals surface area contributed by atoms with Crippen molar-refractivity contribution in [1.29, 1.82) is 0 Å². The molecule has 3 saturated heterocycles. The van der Waals surface area contributed by atoms with E-state index in [9.17, 15) is 4.79 Å². The molecule has 3 aliphatic heterocycles. The SMILES string of the molecule is Cl.Cl.O=C(c1cnc2c(c1)ncn2Cc1ccccc1)N1CCOC2(C[C@H]3CC[C@@H](C2)N3)C1. The van der Waals surface area contributed by atoms with Gasteiger partial charge in [0.15, 0.2) is 5.65 Å². The third kappa shape index (κ3) is 4.60. The quantitative estimate of drug-likeness (QED) is 0.609. The normalized spacial score (nSPS) is 26.1. The Balaban J connectivity index is 0.00000130. The number of carbonyl (C=O) groups excluding carboxylic acids is 1. The maximum Gasteiger partial charge on any atom is 0.255 e. The van der Waals surface area contributed by atoms with Crippen molar-refractivity contribution in [2.75, 3.05) is 19.7 Å². The number of nitrogens with one attached hydrogen (secondary N) is 1. The van der Waals surface area contributed by atoms with Gasteiger partial charge in [0.25, 0.3) is 5.91 Å². The molecule has 3 aromatic rings. The summed E-state index contributed by atoms with van der Waals surface area (Å²) >= 11 is 0. The van der Waals surface area contributed by atoms with Crippen molar-refractivity contribution in [3.8, 4) is 0 Å². The van der Waals surface area contributed by atoms with Gasteiger partial charge >= 0.3 is 0 Å². The molecule has 3 atom stereocenters. The lowest BCUT2D eigenvalue weighted by atomic mass is 9.85. The number of amides is 1. The van der Waals surface area contributed by atoms with Gasteiger partial charge in [-0.15, -0.1) is 24.8 Å². The molecule has 5 heterocycles. The summed E-state index contributed by atoms with van der Waals surface area (Å²) in [5.74, 6) is 0.0283. The van der Waals surface area contributed by atoms with Crippen molar-refractivity contribution >= 4 is 41.9 Å². The summed E-state index contributed by atoms with van der Waals surface area (Å²) in [5, 5.41) is 3.67. The molecule has 33 heavy (non-hydrogen) atoms. The van der Waals surface area contributed by atoms with Crippen molar-refractivity contribution in [2.24, 2.45) is 0 Å². The Labute approximate surface area is 205 Å². The first-order valence-electron chi connectivity index (χ1n) is 11.2. The van der Waals surface area contributed by atoms with Crippen LogP contribution < -0.4 is 5.32 Å². The molecule has 0 radical (unpaired) electrons. The molecule has 3 fully saturated rings. The van der Waals surface area contributed by atoms with Crippen molar-refractivity contribution in [3.63, 3.8) is 0 Å². The number of nitrogens with zero attached hydrogens (tertiary/aromatic N) is 4. The third-order valence-electron chi connectivity index (χ3n) is 7.01. The standard InChI is InChI=1S/C24H27N5O2.2ClH/c30-23(28-8-9-31-24(15-28)11-19-6-7-20(12-24)27-19)18-10-21-22(25-13-18)29(16-26-21)14-17-4-2-1-3-5-17;;/h1-5,10,13,16,19-20,27H,6-9,11-12,14-15H2;2*1H/t19-,20+,24?;;. The number of rotatable bonds is 3. The summed E-state index contributed by atoms with van der Waals surface area (Å²) in [4.78, 5) is 24.4. The monoisotopic (exact) mass is 489 g/mol. The number of hydrogen-bond acceptors (Lipinski definition) is 5. The highest BCUT2D eigenvalue weighted by atomic mass is 35.5. The Hall–Kier alpha value is -2.19. The summed E-state index contributed by atoms with van der Waals surface area (Å²) in [7, 11) is 0. The van der Waals surface area contributed by atoms with Gasteiger partial charge in [-0.05, 0) is 37.3 Å². The minimum Gasteiger partial charge on any atom is -0.371 e. The lowest BCUT2D eigenvalue weighted by Crippen LogP contribution is -2.60. The first-order valence-corrected chi connectivity index (χ1v) is 11.2. The van der Waals surface area contributed by atoms with Crippen molar-refractivity contribution in [2.45, 2.75) is 49.9 Å². The maximum absolute atomic E-state index is 13.3. The second kappa shape index (κ2) is 9.58. The first kappa shape index (κ1) is 24.0. The van der Waals surface area contributed by atoms with Crippen molar-refractivity contribution in [1.82, 2.24) is 24.8 Å². The molecule has 1 aromatic carbocycles. The van der Waals surface area contributed by atoms with Gasteiger partial charge in [-0.3, -0.25) is 4.79 Å². The molecule has 1 N–H and O–H groups in total. The fourth-order valence-corrected chi connectivity index (χ4v) is 5.62. The van der Waals surface area contributed by atoms with Gasteiger partial charge in [-0.2, -0.15) is 0 Å². The summed E-state index contributed by atoms with van der Waals surface area (Å²) in [5.41, 5.74) is 3.16. The summed E-state index contributed by atoms with van der Waals surface area (Å²) < 4.78 is 8.29. The minimum atomic E-state index is -0.195. The predicted molar refractivity (Wildman–Crippen MR) is 131 cm³/mol. The molecule has 1 amide bonds. The molecule has 9 heteroatoms. The van der Waals surface area contributed by atoms with Gasteiger partial charge in [0.2, 0.25) is 0 Å². The number of imidazole rings is 1. The number of ether oxygens (including phenoxy) is 1. The predicted octanol–water partition coefficient (Wildman–Crippen LogP) is 3.45. The largest absolute Gasteiger partial charge is 0.371 e. The minimum absolute atomic E-state index is 0. The fraction of sp³-hybridized carbons (Fsp3) is 0.458. The number of carbonyl (C=O) groups is 1. The Morgan fingerprint density at radius 3 is 2.64 bits per heavy atom. The molecule has 0 saturated carbocycles. The Bertz CT molecular complexity index is 1110. The Morgan fingerprint density at radius 1 is 1.12 bits per heavy atom. The number of aromatic nitrogens is 3. The van der Waals surface area contributed by atoms with Crippen LogP contribution in [0.4, 0.5) is 0 Å². The highest BCUT2D eigenvalue weighted by molar-refractivity contribution is 5.96. The molecule has 1 unspecified atom stereocenters. The van der Waals surface area contributed by atoms with Crippen molar-refractivity contribution in [3.05, 3.63) is 60.0 Å².